The number of esters is 1. The molecule has 4 rings (SSSR count). The van der Waals surface area contributed by atoms with Gasteiger partial charge in [0.25, 0.3) is 0 Å². The average Bonchev–Trinajstić information content (AvgIpc) is 2.78. The zero-order valence-corrected chi connectivity index (χ0v) is 19.2. The number of benzene rings is 2. The highest BCUT2D eigenvalue weighted by molar-refractivity contribution is 6.30. The molecule has 1 N–H and O–H groups in total. The van der Waals surface area contributed by atoms with Crippen LogP contribution in [0.25, 0.3) is 0 Å². The van der Waals surface area contributed by atoms with Crippen LogP contribution < -0.4 is 10.1 Å². The van der Waals surface area contributed by atoms with Crippen molar-refractivity contribution in [2.24, 2.45) is 0 Å². The highest BCUT2D eigenvalue weighted by Gasteiger charge is 2.41. The lowest BCUT2D eigenvalue weighted by Crippen LogP contribution is -2.36. The molecule has 0 fully saturated rings. The summed E-state index contributed by atoms with van der Waals surface area (Å²) in [7, 11) is 1.61. The van der Waals surface area contributed by atoms with Gasteiger partial charge in [-0.2, -0.15) is 0 Å². The van der Waals surface area contributed by atoms with Crippen LogP contribution in [0.5, 0.6) is 5.75 Å². The second-order valence-corrected chi connectivity index (χ2v) is 8.50. The van der Waals surface area contributed by atoms with Gasteiger partial charge in [0.15, 0.2) is 5.78 Å². The second-order valence-electron chi connectivity index (χ2n) is 8.06. The molecule has 0 saturated heterocycles. The van der Waals surface area contributed by atoms with Crippen LogP contribution in [-0.2, 0) is 14.3 Å². The number of rotatable bonds is 5. The van der Waals surface area contributed by atoms with E-state index in [1.54, 1.807) is 14.0 Å². The van der Waals surface area contributed by atoms with Crippen molar-refractivity contribution in [1.29, 1.82) is 0 Å². The highest BCUT2D eigenvalue weighted by atomic mass is 35.5. The predicted octanol–water partition coefficient (Wildman–Crippen LogP) is 5.27. The first-order chi connectivity index (χ1) is 15.4. The van der Waals surface area contributed by atoms with E-state index in [2.05, 4.69) is 5.32 Å². The maximum Gasteiger partial charge on any atom is 0.336 e. The Balaban J connectivity index is 1.78. The van der Waals surface area contributed by atoms with E-state index in [1.165, 1.54) is 0 Å². The lowest BCUT2D eigenvalue weighted by Gasteiger charge is -2.36. The first-order valence-electron chi connectivity index (χ1n) is 10.7. The second kappa shape index (κ2) is 9.21. The van der Waals surface area contributed by atoms with E-state index in [9.17, 15) is 9.59 Å². The van der Waals surface area contributed by atoms with Crippen molar-refractivity contribution < 1.29 is 19.1 Å². The van der Waals surface area contributed by atoms with E-state index < -0.39 is 11.9 Å². The summed E-state index contributed by atoms with van der Waals surface area (Å²) in [4.78, 5) is 26.4. The Labute approximate surface area is 193 Å². The molecule has 0 radical (unpaired) electrons. The van der Waals surface area contributed by atoms with Crippen molar-refractivity contribution in [3.63, 3.8) is 0 Å². The SMILES string of the molecule is CCOC(=O)C1=C(C)NC2=C(C(=O)C[C@H](c3ccc(Cl)cc3)C2)[C@@H]1c1ccc(OC)cc1. The molecule has 166 valence electrons. The molecule has 2 aromatic rings. The van der Waals surface area contributed by atoms with Crippen LogP contribution >= 0.6 is 11.6 Å². The Bertz CT molecular complexity index is 1100. The smallest absolute Gasteiger partial charge is 0.336 e. The molecule has 0 bridgehead atoms. The van der Waals surface area contributed by atoms with Crippen molar-refractivity contribution in [1.82, 2.24) is 5.32 Å². The molecule has 5 nitrogen and oxygen atoms in total. The Morgan fingerprint density at radius 1 is 1.06 bits per heavy atom. The van der Waals surface area contributed by atoms with Gasteiger partial charge in [-0.15, -0.1) is 0 Å². The van der Waals surface area contributed by atoms with Gasteiger partial charge >= 0.3 is 5.97 Å². The van der Waals surface area contributed by atoms with Crippen molar-refractivity contribution in [2.75, 3.05) is 13.7 Å². The summed E-state index contributed by atoms with van der Waals surface area (Å²) in [5, 5.41) is 4.03. The van der Waals surface area contributed by atoms with Gasteiger partial charge in [-0.25, -0.2) is 4.79 Å². The number of methoxy groups -OCH3 is 1. The van der Waals surface area contributed by atoms with E-state index in [4.69, 9.17) is 21.1 Å². The number of allylic oxidation sites excluding steroid dienone is 3. The zero-order valence-electron chi connectivity index (χ0n) is 18.4. The quantitative estimate of drug-likeness (QED) is 0.627. The number of carbonyl (C=O) groups excluding carboxylic acids is 2. The van der Waals surface area contributed by atoms with Crippen LogP contribution in [0.3, 0.4) is 0 Å². The number of dihydropyridines is 1. The minimum Gasteiger partial charge on any atom is -0.497 e. The Morgan fingerprint density at radius 2 is 1.72 bits per heavy atom. The van der Waals surface area contributed by atoms with Gasteiger partial charge in [0.2, 0.25) is 0 Å². The van der Waals surface area contributed by atoms with Crippen LogP contribution in [-0.4, -0.2) is 25.5 Å². The van der Waals surface area contributed by atoms with Gasteiger partial charge in [-0.3, -0.25) is 4.79 Å². The lowest BCUT2D eigenvalue weighted by molar-refractivity contribution is -0.138. The van der Waals surface area contributed by atoms with Crippen LogP contribution in [0.1, 0.15) is 49.7 Å². The number of ketones is 1. The van der Waals surface area contributed by atoms with Gasteiger partial charge in [-0.05, 0) is 61.6 Å². The van der Waals surface area contributed by atoms with E-state index in [0.29, 0.717) is 40.5 Å². The molecule has 0 spiro atoms. The first kappa shape index (κ1) is 22.2. The largest absolute Gasteiger partial charge is 0.497 e. The summed E-state index contributed by atoms with van der Waals surface area (Å²) in [6.45, 7) is 3.91. The maximum absolute atomic E-state index is 13.5. The number of ether oxygens (including phenoxy) is 2. The van der Waals surface area contributed by atoms with Crippen molar-refractivity contribution >= 4 is 23.4 Å². The summed E-state index contributed by atoms with van der Waals surface area (Å²) >= 11 is 6.04. The van der Waals surface area contributed by atoms with Gasteiger partial charge in [0.05, 0.1) is 19.3 Å². The molecule has 1 aliphatic heterocycles. The normalized spacial score (nSPS) is 20.6. The number of Topliss-reactive ketones (excluding diaryl/α,β-unsaturated/α-hetero) is 1. The van der Waals surface area contributed by atoms with Crippen LogP contribution in [0.4, 0.5) is 0 Å². The van der Waals surface area contributed by atoms with Gasteiger partial charge in [-0.1, -0.05) is 35.9 Å². The maximum atomic E-state index is 13.5. The molecule has 2 aliphatic rings. The molecule has 32 heavy (non-hydrogen) atoms. The number of nitrogens with one attached hydrogen (secondary N) is 1. The van der Waals surface area contributed by atoms with Gasteiger partial charge in [0, 0.05) is 34.3 Å². The van der Waals surface area contributed by atoms with Crippen LogP contribution in [0.15, 0.2) is 71.1 Å². The summed E-state index contributed by atoms with van der Waals surface area (Å²) in [6.07, 6.45) is 1.06. The summed E-state index contributed by atoms with van der Waals surface area (Å²) in [6, 6.07) is 15.2. The molecule has 2 atom stereocenters. The summed E-state index contributed by atoms with van der Waals surface area (Å²) in [5.74, 6) is -0.0753. The Kier molecular flexibility index (Phi) is 6.38. The lowest BCUT2D eigenvalue weighted by atomic mass is 9.72. The molecule has 6 heteroatoms. The third-order valence-corrected chi connectivity index (χ3v) is 6.37. The third kappa shape index (κ3) is 4.17. The fourth-order valence-electron chi connectivity index (χ4n) is 4.62. The van der Waals surface area contributed by atoms with Crippen molar-refractivity contribution in [3.8, 4) is 5.75 Å². The standard InChI is InChI=1S/C26H26ClNO4/c1-4-32-26(30)23-15(2)28-21-13-18(16-5-9-19(27)10-6-16)14-22(29)25(21)24(23)17-7-11-20(31-3)12-8-17/h5-12,18,24,28H,4,13-14H2,1-3H3/t18-,24-/m1/s1. The minimum absolute atomic E-state index is 0.0359. The number of hydrogen-bond acceptors (Lipinski definition) is 5. The Morgan fingerprint density at radius 3 is 2.34 bits per heavy atom. The van der Waals surface area contributed by atoms with Crippen molar-refractivity contribution in [3.05, 3.63) is 87.2 Å². The molecule has 0 saturated carbocycles. The highest BCUT2D eigenvalue weighted by Crippen LogP contribution is 2.46. The van der Waals surface area contributed by atoms with E-state index in [-0.39, 0.29) is 18.3 Å². The minimum atomic E-state index is -0.477. The van der Waals surface area contributed by atoms with E-state index >= 15 is 0 Å². The average molecular weight is 452 g/mol. The Hall–Kier alpha value is -3.05. The molecule has 0 aromatic heterocycles. The first-order valence-corrected chi connectivity index (χ1v) is 11.1. The van der Waals surface area contributed by atoms with Crippen LogP contribution in [0, 0.1) is 0 Å². The fourth-order valence-corrected chi connectivity index (χ4v) is 4.74. The molecule has 0 amide bonds. The number of carbonyl (C=O) groups is 2. The van der Waals surface area contributed by atoms with Crippen LogP contribution in [0.2, 0.25) is 5.02 Å². The van der Waals surface area contributed by atoms with Gasteiger partial charge in [0.1, 0.15) is 5.75 Å². The number of halogens is 1. The monoisotopic (exact) mass is 451 g/mol. The number of hydrogen-bond donors (Lipinski definition) is 1. The topological polar surface area (TPSA) is 64.6 Å². The van der Waals surface area contributed by atoms with E-state index in [0.717, 1.165) is 16.8 Å². The summed E-state index contributed by atoms with van der Waals surface area (Å²) < 4.78 is 10.6. The fraction of sp³-hybridized carbons (Fsp3) is 0.308. The van der Waals surface area contributed by atoms with Crippen molar-refractivity contribution in [2.45, 2.75) is 38.5 Å². The van der Waals surface area contributed by atoms with E-state index in [1.807, 2.05) is 55.5 Å². The molecule has 1 heterocycles. The molecule has 1 aliphatic carbocycles. The zero-order chi connectivity index (χ0) is 22.8. The van der Waals surface area contributed by atoms with Gasteiger partial charge < -0.3 is 14.8 Å². The molecular weight excluding hydrogens is 426 g/mol. The summed E-state index contributed by atoms with van der Waals surface area (Å²) in [5.41, 5.74) is 4.65. The molecule has 2 aromatic carbocycles. The third-order valence-electron chi connectivity index (χ3n) is 6.11. The molecule has 0 unspecified atom stereocenters. The predicted molar refractivity (Wildman–Crippen MR) is 124 cm³/mol. The molecular formula is C26H26ClNO4.